The molecule has 0 radical (unpaired) electrons. The van der Waals surface area contributed by atoms with Gasteiger partial charge in [-0.25, -0.2) is 0 Å². The summed E-state index contributed by atoms with van der Waals surface area (Å²) < 4.78 is 0. The van der Waals surface area contributed by atoms with Gasteiger partial charge in [-0.05, 0) is 18.6 Å². The van der Waals surface area contributed by atoms with Gasteiger partial charge in [0.1, 0.15) is 0 Å². The lowest BCUT2D eigenvalue weighted by molar-refractivity contribution is 0.798. The number of hydrogen-bond donors (Lipinski definition) is 2. The third-order valence-electron chi connectivity index (χ3n) is 2.21. The predicted octanol–water partition coefficient (Wildman–Crippen LogP) is 3.10. The molecule has 0 aromatic heterocycles. The average molecular weight is 379 g/mol. The smallest absolute Gasteiger partial charge is 0.188 e. The highest BCUT2D eigenvalue weighted by Gasteiger charge is 1.93. The molecule has 3 nitrogen and oxygen atoms in total. The Balaban J connectivity index is 0.00000289. The van der Waals surface area contributed by atoms with E-state index in [9.17, 15) is 0 Å². The molecule has 0 aliphatic rings. The van der Waals surface area contributed by atoms with Gasteiger partial charge in [0, 0.05) is 23.7 Å². The van der Waals surface area contributed by atoms with E-state index in [1.54, 1.807) is 0 Å². The standard InChI is InChI=1S/C13H21N3S.HI/c1-2-3-9-15-13(14)16-10-11-17-12-7-5-4-6-8-12;/h4-8H,2-3,9-11H2,1H3,(H3,14,15,16);1H. The number of hydrogen-bond acceptors (Lipinski definition) is 2. The molecule has 18 heavy (non-hydrogen) atoms. The molecule has 0 atom stereocenters. The second kappa shape index (κ2) is 11.6. The van der Waals surface area contributed by atoms with Gasteiger partial charge < -0.3 is 11.1 Å². The van der Waals surface area contributed by atoms with E-state index in [1.807, 2.05) is 17.8 Å². The minimum atomic E-state index is 0. The molecule has 0 saturated carbocycles. The summed E-state index contributed by atoms with van der Waals surface area (Å²) in [6.07, 6.45) is 2.25. The number of guanidine groups is 1. The Bertz CT molecular complexity index is 330. The van der Waals surface area contributed by atoms with Gasteiger partial charge in [-0.15, -0.1) is 35.7 Å². The minimum Gasteiger partial charge on any atom is -0.370 e. The van der Waals surface area contributed by atoms with Crippen LogP contribution in [0.1, 0.15) is 19.8 Å². The number of unbranched alkanes of at least 4 members (excludes halogenated alkanes) is 1. The van der Waals surface area contributed by atoms with Crippen molar-refractivity contribution in [3.05, 3.63) is 30.3 Å². The van der Waals surface area contributed by atoms with Crippen LogP contribution in [0.25, 0.3) is 0 Å². The zero-order chi connectivity index (χ0) is 12.3. The van der Waals surface area contributed by atoms with E-state index >= 15 is 0 Å². The van der Waals surface area contributed by atoms with Crippen LogP contribution in [0.4, 0.5) is 0 Å². The van der Waals surface area contributed by atoms with Crippen molar-refractivity contribution >= 4 is 41.7 Å². The first-order valence-electron chi connectivity index (χ1n) is 6.04. The number of nitrogens with one attached hydrogen (secondary N) is 1. The summed E-state index contributed by atoms with van der Waals surface area (Å²) in [4.78, 5) is 5.52. The Kier molecular flexibility index (Phi) is 11.4. The molecular formula is C13H22IN3S. The van der Waals surface area contributed by atoms with Gasteiger partial charge in [0.2, 0.25) is 0 Å². The molecule has 0 saturated heterocycles. The topological polar surface area (TPSA) is 50.4 Å². The summed E-state index contributed by atoms with van der Waals surface area (Å²) in [5, 5.41) is 3.12. The van der Waals surface area contributed by atoms with Crippen molar-refractivity contribution in [2.75, 3.05) is 18.8 Å². The van der Waals surface area contributed by atoms with Crippen LogP contribution in [0.2, 0.25) is 0 Å². The van der Waals surface area contributed by atoms with Crippen LogP contribution >= 0.6 is 35.7 Å². The van der Waals surface area contributed by atoms with Crippen LogP contribution in [0.15, 0.2) is 40.2 Å². The van der Waals surface area contributed by atoms with Crippen LogP contribution in [0.5, 0.6) is 0 Å². The van der Waals surface area contributed by atoms with Gasteiger partial charge in [0.25, 0.3) is 0 Å². The van der Waals surface area contributed by atoms with Gasteiger partial charge in [-0.1, -0.05) is 31.5 Å². The summed E-state index contributed by atoms with van der Waals surface area (Å²) in [5.41, 5.74) is 5.72. The quantitative estimate of drug-likeness (QED) is 0.252. The Morgan fingerprint density at radius 1 is 1.33 bits per heavy atom. The van der Waals surface area contributed by atoms with Crippen molar-refractivity contribution in [3.8, 4) is 0 Å². The third kappa shape index (κ3) is 8.63. The molecule has 102 valence electrons. The highest BCUT2D eigenvalue weighted by atomic mass is 127. The first-order valence-corrected chi connectivity index (χ1v) is 7.03. The molecule has 0 bridgehead atoms. The maximum absolute atomic E-state index is 5.72. The molecule has 1 aromatic carbocycles. The summed E-state index contributed by atoms with van der Waals surface area (Å²) >= 11 is 1.82. The lowest BCUT2D eigenvalue weighted by Gasteiger charge is -2.05. The SMILES string of the molecule is CCCCN=C(N)NCCSc1ccccc1.I. The lowest BCUT2D eigenvalue weighted by atomic mass is 10.3. The number of nitrogens with two attached hydrogens (primary N) is 1. The van der Waals surface area contributed by atoms with Crippen LogP contribution < -0.4 is 11.1 Å². The number of thioether (sulfide) groups is 1. The summed E-state index contributed by atoms with van der Waals surface area (Å²) in [7, 11) is 0. The fourth-order valence-corrected chi connectivity index (χ4v) is 2.07. The molecule has 1 rings (SSSR count). The van der Waals surface area contributed by atoms with Gasteiger partial charge in [-0.3, -0.25) is 4.99 Å². The molecule has 0 aliphatic carbocycles. The second-order valence-corrected chi connectivity index (χ2v) is 4.88. The highest BCUT2D eigenvalue weighted by molar-refractivity contribution is 14.0. The Hall–Kier alpha value is -0.430. The van der Waals surface area contributed by atoms with Gasteiger partial charge >= 0.3 is 0 Å². The van der Waals surface area contributed by atoms with Crippen LogP contribution in [0, 0.1) is 0 Å². The molecule has 3 N–H and O–H groups in total. The highest BCUT2D eigenvalue weighted by Crippen LogP contribution is 2.15. The van der Waals surface area contributed by atoms with E-state index in [0.29, 0.717) is 5.96 Å². The Labute approximate surface area is 131 Å². The van der Waals surface area contributed by atoms with E-state index in [2.05, 4.69) is 41.5 Å². The van der Waals surface area contributed by atoms with Crippen molar-refractivity contribution in [1.82, 2.24) is 5.32 Å². The average Bonchev–Trinajstić information content (AvgIpc) is 2.36. The maximum Gasteiger partial charge on any atom is 0.188 e. The monoisotopic (exact) mass is 379 g/mol. The first kappa shape index (κ1) is 17.6. The van der Waals surface area contributed by atoms with Crippen molar-refractivity contribution in [2.24, 2.45) is 10.7 Å². The normalized spacial score (nSPS) is 10.8. The third-order valence-corrected chi connectivity index (χ3v) is 3.23. The van der Waals surface area contributed by atoms with Crippen LogP contribution in [-0.2, 0) is 0 Å². The first-order chi connectivity index (χ1) is 8.33. The zero-order valence-corrected chi connectivity index (χ0v) is 13.9. The summed E-state index contributed by atoms with van der Waals surface area (Å²) in [5.74, 6) is 1.56. The van der Waals surface area contributed by atoms with E-state index < -0.39 is 0 Å². The fraction of sp³-hybridized carbons (Fsp3) is 0.462. The number of halogens is 1. The maximum atomic E-state index is 5.72. The molecule has 0 aliphatic heterocycles. The molecule has 0 unspecified atom stereocenters. The van der Waals surface area contributed by atoms with Crippen molar-refractivity contribution < 1.29 is 0 Å². The number of nitrogens with zero attached hydrogens (tertiary/aromatic N) is 1. The van der Waals surface area contributed by atoms with E-state index in [0.717, 1.165) is 31.7 Å². The fourth-order valence-electron chi connectivity index (χ4n) is 1.28. The van der Waals surface area contributed by atoms with Gasteiger partial charge in [-0.2, -0.15) is 0 Å². The van der Waals surface area contributed by atoms with Gasteiger partial charge in [0.15, 0.2) is 5.96 Å². The van der Waals surface area contributed by atoms with E-state index in [1.165, 1.54) is 4.90 Å². The van der Waals surface area contributed by atoms with E-state index in [-0.39, 0.29) is 24.0 Å². The van der Waals surface area contributed by atoms with Gasteiger partial charge in [0.05, 0.1) is 0 Å². The van der Waals surface area contributed by atoms with E-state index in [4.69, 9.17) is 5.73 Å². The van der Waals surface area contributed by atoms with Crippen LogP contribution in [0.3, 0.4) is 0 Å². The largest absolute Gasteiger partial charge is 0.370 e. The predicted molar refractivity (Wildman–Crippen MR) is 92.0 cm³/mol. The molecule has 1 aromatic rings. The number of rotatable bonds is 7. The molecule has 0 heterocycles. The molecule has 0 amide bonds. The molecule has 5 heteroatoms. The molecule has 0 spiro atoms. The second-order valence-electron chi connectivity index (χ2n) is 3.71. The van der Waals surface area contributed by atoms with Crippen molar-refractivity contribution in [1.29, 1.82) is 0 Å². The number of aliphatic imine (C=N–C) groups is 1. The van der Waals surface area contributed by atoms with Crippen molar-refractivity contribution in [3.63, 3.8) is 0 Å². The zero-order valence-electron chi connectivity index (χ0n) is 10.8. The minimum absolute atomic E-state index is 0. The van der Waals surface area contributed by atoms with Crippen LogP contribution in [-0.4, -0.2) is 24.8 Å². The Morgan fingerprint density at radius 2 is 2.06 bits per heavy atom. The van der Waals surface area contributed by atoms with Crippen molar-refractivity contribution in [2.45, 2.75) is 24.7 Å². The summed E-state index contributed by atoms with van der Waals surface area (Å²) in [6.45, 7) is 3.82. The molecular weight excluding hydrogens is 357 g/mol. The lowest BCUT2D eigenvalue weighted by Crippen LogP contribution is -2.33. The Morgan fingerprint density at radius 3 is 2.72 bits per heavy atom. The summed E-state index contributed by atoms with van der Waals surface area (Å²) in [6, 6.07) is 10.4. The number of benzene rings is 1. The molecule has 0 fully saturated rings.